The highest BCUT2D eigenvalue weighted by Gasteiger charge is 2.03. The second-order valence-electron chi connectivity index (χ2n) is 4.91. The summed E-state index contributed by atoms with van der Waals surface area (Å²) in [5.74, 6) is 0.359. The monoisotopic (exact) mass is 241 g/mol. The van der Waals surface area contributed by atoms with Gasteiger partial charge in [-0.2, -0.15) is 0 Å². The first-order valence-corrected chi connectivity index (χ1v) is 6.10. The van der Waals surface area contributed by atoms with Crippen molar-refractivity contribution in [3.05, 3.63) is 58.5 Å². The fourth-order valence-electron chi connectivity index (χ4n) is 2.04. The van der Waals surface area contributed by atoms with Gasteiger partial charge in [-0.15, -0.1) is 0 Å². The zero-order valence-electron chi connectivity index (χ0n) is 11.1. The van der Waals surface area contributed by atoms with Gasteiger partial charge in [0, 0.05) is 11.8 Å². The second-order valence-corrected chi connectivity index (χ2v) is 4.91. The molecule has 0 aromatic heterocycles. The van der Waals surface area contributed by atoms with E-state index in [0.717, 1.165) is 11.8 Å². The average molecular weight is 241 g/mol. The summed E-state index contributed by atoms with van der Waals surface area (Å²) in [7, 11) is 4.14. The van der Waals surface area contributed by atoms with Gasteiger partial charge < -0.3 is 10.0 Å². The largest absolute Gasteiger partial charge is 0.512 e. The molecule has 2 rings (SSSR count). The summed E-state index contributed by atoms with van der Waals surface area (Å²) >= 11 is 0. The van der Waals surface area contributed by atoms with Gasteiger partial charge in [-0.05, 0) is 43.5 Å². The van der Waals surface area contributed by atoms with Gasteiger partial charge in [0.25, 0.3) is 0 Å². The van der Waals surface area contributed by atoms with Crippen LogP contribution in [0.15, 0.2) is 48.1 Å². The minimum absolute atomic E-state index is 0.359. The molecule has 94 valence electrons. The third-order valence-corrected chi connectivity index (χ3v) is 2.95. The van der Waals surface area contributed by atoms with E-state index in [1.165, 1.54) is 16.4 Å². The Bertz CT molecular complexity index is 593. The van der Waals surface area contributed by atoms with Gasteiger partial charge in [-0.1, -0.05) is 36.4 Å². The molecule has 0 fully saturated rings. The lowest BCUT2D eigenvalue weighted by Crippen LogP contribution is -2.13. The summed E-state index contributed by atoms with van der Waals surface area (Å²) in [6.45, 7) is 2.66. The van der Waals surface area contributed by atoms with Crippen molar-refractivity contribution in [1.29, 1.82) is 0 Å². The molecule has 0 atom stereocenters. The average Bonchev–Trinajstić information content (AvgIpc) is 2.76. The molecule has 2 heteroatoms. The van der Waals surface area contributed by atoms with Crippen molar-refractivity contribution in [1.82, 2.24) is 4.90 Å². The number of nitrogens with zero attached hydrogens (tertiary/aromatic N) is 1. The van der Waals surface area contributed by atoms with Crippen LogP contribution in [0.25, 0.3) is 11.3 Å². The van der Waals surface area contributed by atoms with Crippen LogP contribution in [0, 0.1) is 0 Å². The maximum Gasteiger partial charge on any atom is 0.0963 e. The van der Waals surface area contributed by atoms with Crippen molar-refractivity contribution in [2.45, 2.75) is 6.92 Å². The molecule has 2 nitrogen and oxygen atoms in total. The molecule has 0 saturated heterocycles. The number of likely N-dealkylation sites (N-methyl/N-ethyl adjacent to an activating group) is 1. The van der Waals surface area contributed by atoms with Crippen LogP contribution in [-0.2, 0) is 0 Å². The molecule has 0 amide bonds. The molecule has 18 heavy (non-hydrogen) atoms. The zero-order chi connectivity index (χ0) is 13.1. The van der Waals surface area contributed by atoms with E-state index in [0.29, 0.717) is 5.76 Å². The zero-order valence-corrected chi connectivity index (χ0v) is 11.1. The first kappa shape index (κ1) is 12.7. The second kappa shape index (κ2) is 5.23. The maximum absolute atomic E-state index is 9.40. The standard InChI is InChI=1S/C16H19NO/c1-12(18)14-6-8-15(9-7-14)16-5-4-13(10-16)11-17(2)3/h4-10,18H,11H2,1-3H3. The number of aliphatic hydroxyl groups is 1. The van der Waals surface area contributed by atoms with Crippen molar-refractivity contribution in [2.75, 3.05) is 20.6 Å². The van der Waals surface area contributed by atoms with Crippen LogP contribution in [0.5, 0.6) is 0 Å². The Hall–Kier alpha value is -1.80. The quantitative estimate of drug-likeness (QED) is 0.850. The molecule has 0 radical (unpaired) electrons. The predicted octanol–water partition coefficient (Wildman–Crippen LogP) is 1.58. The van der Waals surface area contributed by atoms with E-state index in [2.05, 4.69) is 37.2 Å². The number of benzene rings is 1. The van der Waals surface area contributed by atoms with Gasteiger partial charge >= 0.3 is 0 Å². The molecule has 0 aliphatic heterocycles. The van der Waals surface area contributed by atoms with Crippen LogP contribution >= 0.6 is 0 Å². The van der Waals surface area contributed by atoms with Gasteiger partial charge in [0.2, 0.25) is 0 Å². The Morgan fingerprint density at radius 3 is 2.33 bits per heavy atom. The molecular weight excluding hydrogens is 222 g/mol. The van der Waals surface area contributed by atoms with Crippen LogP contribution < -0.4 is 10.4 Å². The van der Waals surface area contributed by atoms with E-state index >= 15 is 0 Å². The van der Waals surface area contributed by atoms with E-state index < -0.39 is 0 Å². The van der Waals surface area contributed by atoms with Gasteiger partial charge in [0.15, 0.2) is 0 Å². The fourth-order valence-corrected chi connectivity index (χ4v) is 2.04. The maximum atomic E-state index is 9.40. The first-order valence-electron chi connectivity index (χ1n) is 6.10. The van der Waals surface area contributed by atoms with Crippen LogP contribution in [0.1, 0.15) is 6.92 Å². The normalized spacial score (nSPS) is 14.2. The highest BCUT2D eigenvalue weighted by Crippen LogP contribution is 2.15. The summed E-state index contributed by atoms with van der Waals surface area (Å²) in [5.41, 5.74) is 2.55. The summed E-state index contributed by atoms with van der Waals surface area (Å²) in [6.07, 6.45) is 6.51. The smallest absolute Gasteiger partial charge is 0.0963 e. The lowest BCUT2D eigenvalue weighted by Gasteiger charge is -2.07. The number of allylic oxidation sites excluding steroid dienone is 2. The molecule has 1 aromatic rings. The van der Waals surface area contributed by atoms with Crippen LogP contribution in [0.2, 0.25) is 0 Å². The molecule has 0 unspecified atom stereocenters. The lowest BCUT2D eigenvalue weighted by atomic mass is 10.1. The van der Waals surface area contributed by atoms with E-state index in [4.69, 9.17) is 0 Å². The van der Waals surface area contributed by atoms with Gasteiger partial charge in [-0.3, -0.25) is 0 Å². The minimum Gasteiger partial charge on any atom is -0.512 e. The molecule has 1 N–H and O–H groups in total. The van der Waals surface area contributed by atoms with Crippen LogP contribution in [0.3, 0.4) is 0 Å². The topological polar surface area (TPSA) is 23.5 Å². The van der Waals surface area contributed by atoms with Crippen LogP contribution in [-0.4, -0.2) is 30.6 Å². The Labute approximate surface area is 108 Å². The van der Waals surface area contributed by atoms with Crippen molar-refractivity contribution in [2.24, 2.45) is 0 Å². The summed E-state index contributed by atoms with van der Waals surface area (Å²) < 4.78 is 0. The Kier molecular flexibility index (Phi) is 3.68. The molecule has 1 aliphatic rings. The number of hydrogen-bond acceptors (Lipinski definition) is 2. The van der Waals surface area contributed by atoms with E-state index in [9.17, 15) is 5.11 Å². The van der Waals surface area contributed by atoms with Crippen molar-refractivity contribution >= 4 is 11.3 Å². The number of hydrogen-bond donors (Lipinski definition) is 1. The Morgan fingerprint density at radius 1 is 1.11 bits per heavy atom. The molecular formula is C16H19NO. The minimum atomic E-state index is 0.359. The van der Waals surface area contributed by atoms with Gasteiger partial charge in [0.1, 0.15) is 0 Å². The third-order valence-electron chi connectivity index (χ3n) is 2.95. The molecule has 0 heterocycles. The molecule has 0 saturated carbocycles. The highest BCUT2D eigenvalue weighted by molar-refractivity contribution is 5.73. The molecule has 1 aromatic carbocycles. The molecule has 0 spiro atoms. The van der Waals surface area contributed by atoms with Gasteiger partial charge in [-0.25, -0.2) is 0 Å². The summed E-state index contributed by atoms with van der Waals surface area (Å²) in [4.78, 5) is 2.16. The van der Waals surface area contributed by atoms with E-state index in [-0.39, 0.29) is 0 Å². The molecule has 0 bridgehead atoms. The highest BCUT2D eigenvalue weighted by atomic mass is 16.3. The van der Waals surface area contributed by atoms with Crippen molar-refractivity contribution < 1.29 is 5.11 Å². The van der Waals surface area contributed by atoms with E-state index in [1.807, 2.05) is 24.3 Å². The third kappa shape index (κ3) is 2.90. The predicted molar refractivity (Wildman–Crippen MR) is 76.6 cm³/mol. The SMILES string of the molecule is CC(O)=c1ccc(=C2C=CC(CN(C)C)=C2)cc1. The van der Waals surface area contributed by atoms with E-state index in [1.54, 1.807) is 6.92 Å². The fraction of sp³-hybridized carbons (Fsp3) is 0.250. The van der Waals surface area contributed by atoms with Gasteiger partial charge in [0.05, 0.1) is 5.76 Å². The Morgan fingerprint density at radius 2 is 1.78 bits per heavy atom. The lowest BCUT2D eigenvalue weighted by molar-refractivity contribution is 0.449. The summed E-state index contributed by atoms with van der Waals surface area (Å²) in [6, 6.07) is 7.99. The number of rotatable bonds is 2. The van der Waals surface area contributed by atoms with Crippen LogP contribution in [0.4, 0.5) is 0 Å². The first-order chi connectivity index (χ1) is 8.56. The van der Waals surface area contributed by atoms with Crippen molar-refractivity contribution in [3.63, 3.8) is 0 Å². The summed E-state index contributed by atoms with van der Waals surface area (Å²) in [5, 5.41) is 11.5. The Balaban J connectivity index is 2.37. The van der Waals surface area contributed by atoms with Crippen molar-refractivity contribution in [3.8, 4) is 0 Å². The number of aliphatic hydroxyl groups excluding tert-OH is 1. The molecule has 1 aliphatic carbocycles.